The zero-order valence-corrected chi connectivity index (χ0v) is 14.8. The van der Waals surface area contributed by atoms with E-state index in [-0.39, 0.29) is 6.79 Å². The van der Waals surface area contributed by atoms with E-state index < -0.39 is 0 Å². The van der Waals surface area contributed by atoms with Crippen molar-refractivity contribution in [3.63, 3.8) is 0 Å². The third kappa shape index (κ3) is 2.40. The van der Waals surface area contributed by atoms with Gasteiger partial charge >= 0.3 is 5.16 Å². The van der Waals surface area contributed by atoms with E-state index in [2.05, 4.69) is 48.9 Å². The maximum absolute atomic E-state index is 5.60. The number of aromatic nitrogens is 2. The number of ether oxygens (including phenoxy) is 2. The van der Waals surface area contributed by atoms with Crippen LogP contribution < -0.4 is 14.0 Å². The predicted octanol–water partition coefficient (Wildman–Crippen LogP) is 4.22. The van der Waals surface area contributed by atoms with Gasteiger partial charge in [-0.3, -0.25) is 0 Å². The molecule has 2 aromatic carbocycles. The molecule has 0 saturated carbocycles. The Morgan fingerprint density at radius 2 is 1.79 bits per heavy atom. The van der Waals surface area contributed by atoms with Crippen molar-refractivity contribution in [3.8, 4) is 22.8 Å². The van der Waals surface area contributed by atoms with Gasteiger partial charge in [-0.05, 0) is 36.8 Å². The van der Waals surface area contributed by atoms with Crippen LogP contribution in [-0.4, -0.2) is 18.0 Å². The quantitative estimate of drug-likeness (QED) is 0.406. The lowest BCUT2D eigenvalue weighted by Crippen LogP contribution is -2.40. The summed E-state index contributed by atoms with van der Waals surface area (Å²) >= 11 is 1.66. The molecule has 0 atom stereocenters. The largest absolute Gasteiger partial charge is 0.454 e. The van der Waals surface area contributed by atoms with Crippen LogP contribution in [0.3, 0.4) is 0 Å². The fourth-order valence-electron chi connectivity index (χ4n) is 3.09. The minimum absolute atomic E-state index is 0.275. The summed E-state index contributed by atoms with van der Waals surface area (Å²) in [5.41, 5.74) is 3.20. The van der Waals surface area contributed by atoms with Crippen LogP contribution >= 0.6 is 11.8 Å². The second kappa shape index (κ2) is 5.98. The minimum Gasteiger partial charge on any atom is -0.454 e. The molecule has 0 N–H and O–H groups in total. The minimum atomic E-state index is 0.275. The van der Waals surface area contributed by atoms with Crippen molar-refractivity contribution in [1.82, 2.24) is 4.98 Å². The van der Waals surface area contributed by atoms with E-state index in [1.165, 1.54) is 0 Å². The summed E-state index contributed by atoms with van der Waals surface area (Å²) in [7, 11) is 0. The van der Waals surface area contributed by atoms with Crippen LogP contribution in [0.1, 0.15) is 19.9 Å². The summed E-state index contributed by atoms with van der Waals surface area (Å²) in [5.74, 6) is 1.59. The number of hydrogen-bond donors (Lipinski definition) is 0. The Morgan fingerprint density at radius 1 is 1.08 bits per heavy atom. The zero-order chi connectivity index (χ0) is 16.7. The van der Waals surface area contributed by atoms with Crippen LogP contribution in [0.4, 0.5) is 0 Å². The molecule has 3 aromatic rings. The summed E-state index contributed by atoms with van der Waals surface area (Å²) in [6.45, 7) is 4.62. The number of rotatable bonds is 3. The average Bonchev–Trinajstić information content (AvgIpc) is 3.06. The summed E-state index contributed by atoms with van der Waals surface area (Å²) in [6, 6.07) is 14.7. The first kappa shape index (κ1) is 15.3. The number of fused-ring (bicyclic) bond motifs is 2. The van der Waals surface area contributed by atoms with E-state index in [0.29, 0.717) is 6.04 Å². The van der Waals surface area contributed by atoms with E-state index in [4.69, 9.17) is 14.5 Å². The highest BCUT2D eigenvalue weighted by atomic mass is 32.2. The fourth-order valence-corrected chi connectivity index (χ4v) is 3.78. The fraction of sp³-hybridized carbons (Fsp3) is 0.263. The van der Waals surface area contributed by atoms with Crippen molar-refractivity contribution in [3.05, 3.63) is 42.5 Å². The van der Waals surface area contributed by atoms with Crippen LogP contribution in [0.15, 0.2) is 47.6 Å². The second-order valence-corrected chi connectivity index (χ2v) is 6.77. The monoisotopic (exact) mass is 339 g/mol. The smallest absolute Gasteiger partial charge is 0.360 e. The molecule has 2 heterocycles. The standard InChI is InChI=1S/C19H19N2O2S/c1-12(2)21-15-10-17-16(22-11-23-17)9-14(15)18(20-19(21)24-3)13-7-5-4-6-8-13/h4-10,12H,11H2,1-3H3/q+1. The molecule has 122 valence electrons. The molecular weight excluding hydrogens is 320 g/mol. The molecule has 5 heteroatoms. The first-order chi connectivity index (χ1) is 11.7. The Bertz CT molecular complexity index is 910. The Balaban J connectivity index is 2.11. The maximum Gasteiger partial charge on any atom is 0.360 e. The molecule has 1 aliphatic heterocycles. The first-order valence-corrected chi connectivity index (χ1v) is 9.20. The van der Waals surface area contributed by atoms with Gasteiger partial charge in [0, 0.05) is 17.7 Å². The molecule has 0 bridgehead atoms. The van der Waals surface area contributed by atoms with Crippen LogP contribution in [0.25, 0.3) is 22.2 Å². The lowest BCUT2D eigenvalue weighted by molar-refractivity contribution is -0.730. The van der Waals surface area contributed by atoms with Gasteiger partial charge in [0.25, 0.3) is 0 Å². The molecule has 0 fully saturated rings. The Kier molecular flexibility index (Phi) is 3.81. The van der Waals surface area contributed by atoms with Crippen molar-refractivity contribution in [2.24, 2.45) is 0 Å². The second-order valence-electron chi connectivity index (χ2n) is 6.00. The highest BCUT2D eigenvalue weighted by Crippen LogP contribution is 2.38. The summed E-state index contributed by atoms with van der Waals surface area (Å²) in [6.07, 6.45) is 2.06. The molecule has 0 radical (unpaired) electrons. The molecule has 1 aromatic heterocycles. The number of benzene rings is 2. The number of hydrogen-bond acceptors (Lipinski definition) is 4. The van der Waals surface area contributed by atoms with E-state index in [1.54, 1.807) is 11.8 Å². The number of thioether (sulfide) groups is 1. The molecule has 1 aliphatic rings. The van der Waals surface area contributed by atoms with E-state index >= 15 is 0 Å². The molecule has 4 nitrogen and oxygen atoms in total. The van der Waals surface area contributed by atoms with Gasteiger partial charge in [0.1, 0.15) is 5.52 Å². The molecule has 0 saturated heterocycles. The van der Waals surface area contributed by atoms with Crippen molar-refractivity contribution < 1.29 is 14.0 Å². The van der Waals surface area contributed by atoms with Crippen molar-refractivity contribution in [2.45, 2.75) is 25.0 Å². The predicted molar refractivity (Wildman–Crippen MR) is 95.7 cm³/mol. The highest BCUT2D eigenvalue weighted by molar-refractivity contribution is 7.98. The molecule has 0 aliphatic carbocycles. The lowest BCUT2D eigenvalue weighted by Gasteiger charge is -2.13. The Labute approximate surface area is 145 Å². The van der Waals surface area contributed by atoms with Gasteiger partial charge in [-0.15, -0.1) is 0 Å². The topological polar surface area (TPSA) is 35.2 Å². The SMILES string of the molecule is CSc1nc(-c2ccccc2)c2cc3c(cc2[n+]1C(C)C)OCO3. The highest BCUT2D eigenvalue weighted by Gasteiger charge is 2.27. The Hall–Kier alpha value is -2.27. The summed E-state index contributed by atoms with van der Waals surface area (Å²) in [5, 5.41) is 2.08. The van der Waals surface area contributed by atoms with Crippen LogP contribution in [0, 0.1) is 0 Å². The Morgan fingerprint density at radius 3 is 2.46 bits per heavy atom. The molecule has 0 amide bonds. The zero-order valence-electron chi connectivity index (χ0n) is 13.9. The van der Waals surface area contributed by atoms with Gasteiger partial charge in [0.15, 0.2) is 17.2 Å². The first-order valence-electron chi connectivity index (χ1n) is 7.97. The van der Waals surface area contributed by atoms with Crippen molar-refractivity contribution >= 4 is 22.7 Å². The molecule has 0 spiro atoms. The van der Waals surface area contributed by atoms with Gasteiger partial charge in [0.2, 0.25) is 6.79 Å². The van der Waals surface area contributed by atoms with Crippen LogP contribution in [0.5, 0.6) is 11.5 Å². The van der Waals surface area contributed by atoms with E-state index in [9.17, 15) is 0 Å². The van der Waals surface area contributed by atoms with Gasteiger partial charge in [-0.2, -0.15) is 0 Å². The summed E-state index contributed by atoms with van der Waals surface area (Å²) < 4.78 is 13.4. The summed E-state index contributed by atoms with van der Waals surface area (Å²) in [4.78, 5) is 4.97. The maximum atomic E-state index is 5.60. The van der Waals surface area contributed by atoms with E-state index in [0.717, 1.165) is 38.8 Å². The normalized spacial score (nSPS) is 13.0. The third-order valence-corrected chi connectivity index (χ3v) is 4.82. The lowest BCUT2D eigenvalue weighted by atomic mass is 10.1. The van der Waals surface area contributed by atoms with Crippen LogP contribution in [0.2, 0.25) is 0 Å². The molecular formula is C19H19N2O2S+. The van der Waals surface area contributed by atoms with Crippen molar-refractivity contribution in [2.75, 3.05) is 13.0 Å². The van der Waals surface area contributed by atoms with Gasteiger partial charge in [-0.1, -0.05) is 30.3 Å². The average molecular weight is 339 g/mol. The molecule has 0 unspecified atom stereocenters. The van der Waals surface area contributed by atoms with Crippen molar-refractivity contribution in [1.29, 1.82) is 0 Å². The van der Waals surface area contributed by atoms with E-state index in [1.807, 2.05) is 18.2 Å². The van der Waals surface area contributed by atoms with Crippen LogP contribution in [-0.2, 0) is 0 Å². The molecule has 4 rings (SSSR count). The van der Waals surface area contributed by atoms with Gasteiger partial charge < -0.3 is 9.47 Å². The molecule has 24 heavy (non-hydrogen) atoms. The number of nitrogens with zero attached hydrogens (tertiary/aromatic N) is 2. The van der Waals surface area contributed by atoms with Gasteiger partial charge in [0.05, 0.1) is 11.4 Å². The van der Waals surface area contributed by atoms with Gasteiger partial charge in [-0.25, -0.2) is 4.57 Å². The third-order valence-electron chi connectivity index (χ3n) is 4.17.